The molecule has 0 aliphatic rings. The zero-order valence-corrected chi connectivity index (χ0v) is 16.8. The Hall–Kier alpha value is -1.98. The molecule has 0 bridgehead atoms. The maximum atomic E-state index is 12.3. The van der Waals surface area contributed by atoms with E-state index in [1.165, 1.54) is 0 Å². The highest BCUT2D eigenvalue weighted by Crippen LogP contribution is 2.27. The van der Waals surface area contributed by atoms with Crippen LogP contribution in [0.2, 0.25) is 0 Å². The molecule has 0 atom stereocenters. The van der Waals surface area contributed by atoms with E-state index >= 15 is 0 Å². The number of nitrogens with zero attached hydrogens (tertiary/aromatic N) is 1. The lowest BCUT2D eigenvalue weighted by molar-refractivity contribution is -0.120. The van der Waals surface area contributed by atoms with Gasteiger partial charge >= 0.3 is 0 Å². The maximum Gasteiger partial charge on any atom is 0.244 e. The lowest BCUT2D eigenvalue weighted by atomic mass is 10.0. The van der Waals surface area contributed by atoms with Crippen molar-refractivity contribution in [1.82, 2.24) is 5.43 Å². The highest BCUT2D eigenvalue weighted by atomic mass is 79.9. The topological polar surface area (TPSA) is 41.5 Å². The van der Waals surface area contributed by atoms with E-state index in [1.807, 2.05) is 67.6 Å². The third kappa shape index (κ3) is 4.35. The number of hydrogen-bond donors (Lipinski definition) is 1. The van der Waals surface area contributed by atoms with Crippen LogP contribution in [-0.2, 0) is 11.2 Å². The molecule has 0 heterocycles. The predicted octanol–water partition coefficient (Wildman–Crippen LogP) is 5.45. The Morgan fingerprint density at radius 3 is 2.52 bits per heavy atom. The van der Waals surface area contributed by atoms with Gasteiger partial charge in [-0.05, 0) is 47.0 Å². The molecule has 0 aliphatic heterocycles. The van der Waals surface area contributed by atoms with Crippen LogP contribution < -0.4 is 5.43 Å². The van der Waals surface area contributed by atoms with Gasteiger partial charge in [0.1, 0.15) is 0 Å². The molecule has 1 N–H and O–H groups in total. The molecule has 126 valence electrons. The fourth-order valence-electron chi connectivity index (χ4n) is 2.62. The van der Waals surface area contributed by atoms with Gasteiger partial charge in [-0.2, -0.15) is 5.10 Å². The van der Waals surface area contributed by atoms with E-state index < -0.39 is 0 Å². The number of amides is 1. The van der Waals surface area contributed by atoms with Crippen molar-refractivity contribution in [3.63, 3.8) is 0 Å². The SMILES string of the molecule is C/C(=N/NC(=O)Cc1ccc(Br)c2ccccc12)c1cccc(Br)c1. The van der Waals surface area contributed by atoms with Crippen LogP contribution in [0.1, 0.15) is 18.1 Å². The molecular weight excluding hydrogens is 444 g/mol. The second-order valence-corrected chi connectivity index (χ2v) is 7.44. The van der Waals surface area contributed by atoms with Crippen LogP contribution >= 0.6 is 31.9 Å². The van der Waals surface area contributed by atoms with Gasteiger partial charge < -0.3 is 0 Å². The van der Waals surface area contributed by atoms with Gasteiger partial charge in [0, 0.05) is 8.95 Å². The summed E-state index contributed by atoms with van der Waals surface area (Å²) in [5.41, 5.74) is 5.35. The second-order valence-electron chi connectivity index (χ2n) is 5.67. The first-order chi connectivity index (χ1) is 12.0. The van der Waals surface area contributed by atoms with Crippen molar-refractivity contribution < 1.29 is 4.79 Å². The Morgan fingerprint density at radius 2 is 1.76 bits per heavy atom. The minimum Gasteiger partial charge on any atom is -0.273 e. The van der Waals surface area contributed by atoms with Crippen molar-refractivity contribution in [2.45, 2.75) is 13.3 Å². The molecular formula is C20H16Br2N2O. The minimum absolute atomic E-state index is 0.137. The average molecular weight is 460 g/mol. The molecule has 3 aromatic rings. The number of nitrogens with one attached hydrogen (secondary N) is 1. The summed E-state index contributed by atoms with van der Waals surface area (Å²) in [7, 11) is 0. The Bertz CT molecular complexity index is 967. The van der Waals surface area contributed by atoms with E-state index in [-0.39, 0.29) is 12.3 Å². The monoisotopic (exact) mass is 458 g/mol. The summed E-state index contributed by atoms with van der Waals surface area (Å²) in [4.78, 5) is 12.3. The summed E-state index contributed by atoms with van der Waals surface area (Å²) in [5.74, 6) is -0.137. The first kappa shape index (κ1) is 17.8. The molecule has 5 heteroatoms. The van der Waals surface area contributed by atoms with Gasteiger partial charge in [-0.1, -0.05) is 74.3 Å². The molecule has 0 saturated carbocycles. The average Bonchev–Trinajstić information content (AvgIpc) is 2.62. The summed E-state index contributed by atoms with van der Waals surface area (Å²) >= 11 is 6.99. The number of hydrogen-bond acceptors (Lipinski definition) is 2. The smallest absolute Gasteiger partial charge is 0.244 e. The first-order valence-electron chi connectivity index (χ1n) is 7.80. The Kier molecular flexibility index (Phi) is 5.66. The number of rotatable bonds is 4. The Balaban J connectivity index is 1.75. The maximum absolute atomic E-state index is 12.3. The lowest BCUT2D eigenvalue weighted by Crippen LogP contribution is -2.21. The van der Waals surface area contributed by atoms with Crippen molar-refractivity contribution >= 4 is 54.3 Å². The molecule has 0 fully saturated rings. The van der Waals surface area contributed by atoms with Crippen LogP contribution in [-0.4, -0.2) is 11.6 Å². The molecule has 3 rings (SSSR count). The number of halogens is 2. The zero-order valence-electron chi connectivity index (χ0n) is 13.6. The molecule has 0 aliphatic carbocycles. The van der Waals surface area contributed by atoms with Crippen LogP contribution in [0, 0.1) is 0 Å². The van der Waals surface area contributed by atoms with E-state index in [0.717, 1.165) is 36.6 Å². The quantitative estimate of drug-likeness (QED) is 0.409. The van der Waals surface area contributed by atoms with Gasteiger partial charge in [-0.25, -0.2) is 5.43 Å². The number of fused-ring (bicyclic) bond motifs is 1. The number of carbonyl (C=O) groups is 1. The largest absolute Gasteiger partial charge is 0.273 e. The van der Waals surface area contributed by atoms with Crippen molar-refractivity contribution in [2.24, 2.45) is 5.10 Å². The van der Waals surface area contributed by atoms with Crippen LogP contribution in [0.15, 0.2) is 74.7 Å². The van der Waals surface area contributed by atoms with Gasteiger partial charge in [-0.3, -0.25) is 4.79 Å². The van der Waals surface area contributed by atoms with Gasteiger partial charge in [0.2, 0.25) is 5.91 Å². The summed E-state index contributed by atoms with van der Waals surface area (Å²) in [6.07, 6.45) is 0.281. The van der Waals surface area contributed by atoms with Crippen LogP contribution in [0.5, 0.6) is 0 Å². The summed E-state index contributed by atoms with van der Waals surface area (Å²) in [6, 6.07) is 19.8. The molecule has 1 amide bonds. The van der Waals surface area contributed by atoms with Crippen LogP contribution in [0.25, 0.3) is 10.8 Å². The first-order valence-corrected chi connectivity index (χ1v) is 9.38. The molecule has 0 radical (unpaired) electrons. The summed E-state index contributed by atoms with van der Waals surface area (Å²) in [5, 5.41) is 6.38. The summed E-state index contributed by atoms with van der Waals surface area (Å²) in [6.45, 7) is 1.87. The van der Waals surface area contributed by atoms with E-state index in [4.69, 9.17) is 0 Å². The van der Waals surface area contributed by atoms with Crippen molar-refractivity contribution in [2.75, 3.05) is 0 Å². The van der Waals surface area contributed by atoms with E-state index in [2.05, 4.69) is 42.4 Å². The van der Waals surface area contributed by atoms with E-state index in [9.17, 15) is 4.79 Å². The third-order valence-corrected chi connectivity index (χ3v) is 5.09. The molecule has 3 nitrogen and oxygen atoms in total. The zero-order chi connectivity index (χ0) is 17.8. The van der Waals surface area contributed by atoms with Crippen molar-refractivity contribution in [1.29, 1.82) is 0 Å². The van der Waals surface area contributed by atoms with E-state index in [1.54, 1.807) is 0 Å². The fraction of sp³-hybridized carbons (Fsp3) is 0.100. The standard InChI is InChI=1S/C20H16Br2N2O/c1-13(14-5-4-6-16(21)11-14)23-24-20(25)12-15-9-10-19(22)18-8-3-2-7-17(15)18/h2-11H,12H2,1H3,(H,24,25)/b23-13-. The van der Waals surface area contributed by atoms with Gasteiger partial charge in [-0.15, -0.1) is 0 Å². The normalized spacial score (nSPS) is 11.6. The fourth-order valence-corrected chi connectivity index (χ4v) is 3.49. The van der Waals surface area contributed by atoms with Crippen molar-refractivity contribution in [3.05, 3.63) is 80.7 Å². The highest BCUT2D eigenvalue weighted by molar-refractivity contribution is 9.11. The lowest BCUT2D eigenvalue weighted by Gasteiger charge is -2.08. The van der Waals surface area contributed by atoms with E-state index in [0.29, 0.717) is 0 Å². The Labute approximate surface area is 163 Å². The van der Waals surface area contributed by atoms with Gasteiger partial charge in [0.15, 0.2) is 0 Å². The predicted molar refractivity (Wildman–Crippen MR) is 110 cm³/mol. The highest BCUT2D eigenvalue weighted by Gasteiger charge is 2.08. The Morgan fingerprint density at radius 1 is 1.00 bits per heavy atom. The third-order valence-electron chi connectivity index (χ3n) is 3.90. The minimum atomic E-state index is -0.137. The molecule has 0 aromatic heterocycles. The van der Waals surface area contributed by atoms with Gasteiger partial charge in [0.25, 0.3) is 0 Å². The molecule has 0 saturated heterocycles. The number of benzene rings is 3. The molecule has 25 heavy (non-hydrogen) atoms. The summed E-state index contributed by atoms with van der Waals surface area (Å²) < 4.78 is 2.00. The van der Waals surface area contributed by atoms with Crippen LogP contribution in [0.4, 0.5) is 0 Å². The second kappa shape index (κ2) is 7.93. The number of carbonyl (C=O) groups excluding carboxylic acids is 1. The molecule has 3 aromatic carbocycles. The van der Waals surface area contributed by atoms with Crippen molar-refractivity contribution in [3.8, 4) is 0 Å². The molecule has 0 unspecified atom stereocenters. The number of hydrazone groups is 1. The molecule has 0 spiro atoms. The van der Waals surface area contributed by atoms with Gasteiger partial charge in [0.05, 0.1) is 12.1 Å². The van der Waals surface area contributed by atoms with Crippen LogP contribution in [0.3, 0.4) is 0 Å².